The molecule has 0 aromatic heterocycles. The van der Waals surface area contributed by atoms with Crippen LogP contribution in [0.4, 0.5) is 10.1 Å². The summed E-state index contributed by atoms with van der Waals surface area (Å²) in [6.45, 7) is -0.125. The first-order valence-electron chi connectivity index (χ1n) is 5.43. The zero-order chi connectivity index (χ0) is 13.0. The predicted octanol–water partition coefficient (Wildman–Crippen LogP) is 2.67. The summed E-state index contributed by atoms with van der Waals surface area (Å²) in [6.07, 6.45) is 0. The molecule has 0 aliphatic rings. The molecule has 0 radical (unpaired) electrons. The Kier molecular flexibility index (Phi) is 3.57. The van der Waals surface area contributed by atoms with Crippen molar-refractivity contribution in [1.29, 1.82) is 0 Å². The predicted molar refractivity (Wildman–Crippen MR) is 67.1 cm³/mol. The Balaban J connectivity index is 2.01. The number of carbonyl (C=O) groups is 1. The second-order valence-corrected chi connectivity index (χ2v) is 3.76. The van der Waals surface area contributed by atoms with E-state index in [1.165, 1.54) is 24.3 Å². The van der Waals surface area contributed by atoms with Gasteiger partial charge >= 0.3 is 0 Å². The third-order valence-electron chi connectivity index (χ3n) is 2.44. The summed E-state index contributed by atoms with van der Waals surface area (Å²) in [6, 6.07) is 12.3. The maximum Gasteiger partial charge on any atom is 0.200 e. The molecule has 3 nitrogen and oxygen atoms in total. The Bertz CT molecular complexity index is 552. The van der Waals surface area contributed by atoms with Gasteiger partial charge in [0.2, 0.25) is 0 Å². The van der Waals surface area contributed by atoms with E-state index in [1.807, 2.05) is 0 Å². The lowest BCUT2D eigenvalue weighted by atomic mass is 10.1. The molecule has 18 heavy (non-hydrogen) atoms. The summed E-state index contributed by atoms with van der Waals surface area (Å²) in [5, 5.41) is 0. The SMILES string of the molecule is Nc1ccccc1OCC(=O)c1ccc(F)cc1. The summed E-state index contributed by atoms with van der Waals surface area (Å²) in [4.78, 5) is 11.8. The van der Waals surface area contributed by atoms with Crippen molar-refractivity contribution in [1.82, 2.24) is 0 Å². The summed E-state index contributed by atoms with van der Waals surface area (Å²) in [5.41, 5.74) is 6.56. The van der Waals surface area contributed by atoms with Crippen LogP contribution in [0.3, 0.4) is 0 Å². The van der Waals surface area contributed by atoms with Gasteiger partial charge in [-0.05, 0) is 36.4 Å². The normalized spacial score (nSPS) is 10.1. The van der Waals surface area contributed by atoms with Gasteiger partial charge in [-0.2, -0.15) is 0 Å². The van der Waals surface area contributed by atoms with E-state index < -0.39 is 0 Å². The Morgan fingerprint density at radius 1 is 1.11 bits per heavy atom. The number of Topliss-reactive ketones (excluding diaryl/α,β-unsaturated/α-hetero) is 1. The van der Waals surface area contributed by atoms with Crippen molar-refractivity contribution in [3.8, 4) is 5.75 Å². The van der Waals surface area contributed by atoms with Crippen LogP contribution in [0, 0.1) is 5.82 Å². The van der Waals surface area contributed by atoms with Crippen LogP contribution in [-0.4, -0.2) is 12.4 Å². The lowest BCUT2D eigenvalue weighted by Crippen LogP contribution is -2.12. The third kappa shape index (κ3) is 2.85. The molecule has 0 aliphatic carbocycles. The number of carbonyl (C=O) groups excluding carboxylic acids is 1. The van der Waals surface area contributed by atoms with Crippen LogP contribution in [0.2, 0.25) is 0 Å². The molecule has 0 aliphatic heterocycles. The highest BCUT2D eigenvalue weighted by Crippen LogP contribution is 2.19. The van der Waals surface area contributed by atoms with Gasteiger partial charge in [-0.1, -0.05) is 12.1 Å². The summed E-state index contributed by atoms with van der Waals surface area (Å²) < 4.78 is 18.0. The number of anilines is 1. The van der Waals surface area contributed by atoms with Crippen LogP contribution in [0.5, 0.6) is 5.75 Å². The molecule has 2 aromatic rings. The van der Waals surface area contributed by atoms with E-state index in [4.69, 9.17) is 10.5 Å². The van der Waals surface area contributed by atoms with E-state index in [9.17, 15) is 9.18 Å². The second-order valence-electron chi connectivity index (χ2n) is 3.76. The molecule has 0 unspecified atom stereocenters. The van der Waals surface area contributed by atoms with Gasteiger partial charge in [0.05, 0.1) is 5.69 Å². The Morgan fingerprint density at radius 2 is 1.78 bits per heavy atom. The van der Waals surface area contributed by atoms with E-state index in [2.05, 4.69) is 0 Å². The van der Waals surface area contributed by atoms with Gasteiger partial charge in [0.25, 0.3) is 0 Å². The lowest BCUT2D eigenvalue weighted by molar-refractivity contribution is 0.0922. The van der Waals surface area contributed by atoms with Gasteiger partial charge < -0.3 is 10.5 Å². The highest BCUT2D eigenvalue weighted by Gasteiger charge is 2.07. The molecule has 92 valence electrons. The van der Waals surface area contributed by atoms with Crippen molar-refractivity contribution in [2.75, 3.05) is 12.3 Å². The summed E-state index contributed by atoms with van der Waals surface area (Å²) in [7, 11) is 0. The molecule has 0 saturated carbocycles. The van der Waals surface area contributed by atoms with Crippen LogP contribution in [-0.2, 0) is 0 Å². The number of nitrogen functional groups attached to an aromatic ring is 1. The number of hydrogen-bond donors (Lipinski definition) is 1. The highest BCUT2D eigenvalue weighted by molar-refractivity contribution is 5.97. The van der Waals surface area contributed by atoms with E-state index in [1.54, 1.807) is 24.3 Å². The van der Waals surface area contributed by atoms with Crippen molar-refractivity contribution in [3.05, 3.63) is 59.9 Å². The van der Waals surface area contributed by atoms with Gasteiger partial charge in [0.1, 0.15) is 11.6 Å². The molecule has 2 N–H and O–H groups in total. The molecule has 2 rings (SSSR count). The zero-order valence-electron chi connectivity index (χ0n) is 9.60. The quantitative estimate of drug-likeness (QED) is 0.665. The summed E-state index contributed by atoms with van der Waals surface area (Å²) in [5.74, 6) is -0.133. The average molecular weight is 245 g/mol. The van der Waals surface area contributed by atoms with Crippen molar-refractivity contribution in [3.63, 3.8) is 0 Å². The summed E-state index contributed by atoms with van der Waals surface area (Å²) >= 11 is 0. The van der Waals surface area contributed by atoms with Crippen molar-refractivity contribution >= 4 is 11.5 Å². The minimum Gasteiger partial charge on any atom is -0.483 e. The second kappa shape index (κ2) is 5.31. The van der Waals surface area contributed by atoms with Gasteiger partial charge in [0, 0.05) is 5.56 Å². The fourth-order valence-corrected chi connectivity index (χ4v) is 1.47. The van der Waals surface area contributed by atoms with Gasteiger partial charge in [-0.25, -0.2) is 4.39 Å². The van der Waals surface area contributed by atoms with Gasteiger partial charge in [-0.3, -0.25) is 4.79 Å². The molecule has 0 heterocycles. The number of hydrogen-bond acceptors (Lipinski definition) is 3. The fourth-order valence-electron chi connectivity index (χ4n) is 1.47. The van der Waals surface area contributed by atoms with Crippen molar-refractivity contribution in [2.45, 2.75) is 0 Å². The van der Waals surface area contributed by atoms with Crippen molar-refractivity contribution < 1.29 is 13.9 Å². The van der Waals surface area contributed by atoms with E-state index in [0.29, 0.717) is 17.0 Å². The molecule has 4 heteroatoms. The van der Waals surface area contributed by atoms with Crippen LogP contribution < -0.4 is 10.5 Å². The minimum absolute atomic E-state index is 0.125. The molecule has 2 aromatic carbocycles. The smallest absolute Gasteiger partial charge is 0.200 e. The lowest BCUT2D eigenvalue weighted by Gasteiger charge is -2.07. The molecule has 0 spiro atoms. The van der Waals surface area contributed by atoms with Gasteiger partial charge in [0.15, 0.2) is 12.4 Å². The average Bonchev–Trinajstić information content (AvgIpc) is 2.38. The molecular formula is C14H12FNO2. The number of nitrogens with two attached hydrogens (primary N) is 1. The zero-order valence-corrected chi connectivity index (χ0v) is 9.60. The maximum absolute atomic E-state index is 12.7. The van der Waals surface area contributed by atoms with Crippen LogP contribution >= 0.6 is 0 Å². The first-order chi connectivity index (χ1) is 8.66. The number of rotatable bonds is 4. The minimum atomic E-state index is -0.375. The van der Waals surface area contributed by atoms with Crippen molar-refractivity contribution in [2.24, 2.45) is 0 Å². The largest absolute Gasteiger partial charge is 0.483 e. The number of ketones is 1. The maximum atomic E-state index is 12.7. The molecule has 0 fully saturated rings. The molecule has 0 saturated heterocycles. The topological polar surface area (TPSA) is 52.3 Å². The molecule has 0 atom stereocenters. The Hall–Kier alpha value is -2.36. The Morgan fingerprint density at radius 3 is 2.44 bits per heavy atom. The van der Waals surface area contributed by atoms with E-state index in [-0.39, 0.29) is 18.2 Å². The van der Waals surface area contributed by atoms with Crippen LogP contribution in [0.1, 0.15) is 10.4 Å². The molecule has 0 bridgehead atoms. The standard InChI is InChI=1S/C14H12FNO2/c15-11-7-5-10(6-8-11)13(17)9-18-14-4-2-1-3-12(14)16/h1-8H,9,16H2. The molecular weight excluding hydrogens is 233 g/mol. The monoisotopic (exact) mass is 245 g/mol. The first kappa shape index (κ1) is 12.1. The third-order valence-corrected chi connectivity index (χ3v) is 2.44. The van der Waals surface area contributed by atoms with Crippen LogP contribution in [0.25, 0.3) is 0 Å². The number of para-hydroxylation sites is 2. The molecule has 0 amide bonds. The van der Waals surface area contributed by atoms with Crippen LogP contribution in [0.15, 0.2) is 48.5 Å². The highest BCUT2D eigenvalue weighted by atomic mass is 19.1. The van der Waals surface area contributed by atoms with Gasteiger partial charge in [-0.15, -0.1) is 0 Å². The van der Waals surface area contributed by atoms with E-state index in [0.717, 1.165) is 0 Å². The Labute approximate surface area is 104 Å². The van der Waals surface area contributed by atoms with E-state index >= 15 is 0 Å². The number of halogens is 1. The number of benzene rings is 2. The first-order valence-corrected chi connectivity index (χ1v) is 5.43. The number of ether oxygens (including phenoxy) is 1. The fraction of sp³-hybridized carbons (Fsp3) is 0.0714.